The van der Waals surface area contributed by atoms with Gasteiger partial charge in [-0.05, 0) is 32.7 Å². The van der Waals surface area contributed by atoms with Crippen molar-refractivity contribution in [2.24, 2.45) is 0 Å². The molecule has 1 N–H and O–H groups in total. The first-order valence-electron chi connectivity index (χ1n) is 5.48. The molecule has 0 spiro atoms. The molecule has 90 valence electrons. The second-order valence-corrected chi connectivity index (χ2v) is 6.05. The number of aryl methyl sites for hydroxylation is 1. The third kappa shape index (κ3) is 1.66. The van der Waals surface area contributed by atoms with E-state index >= 15 is 0 Å². The van der Waals surface area contributed by atoms with Crippen LogP contribution < -0.4 is 4.72 Å². The maximum Gasteiger partial charge on any atom is 0.259 e. The zero-order valence-corrected chi connectivity index (χ0v) is 10.6. The fraction of sp³-hybridized carbons (Fsp3) is 0.700. The van der Waals surface area contributed by atoms with Gasteiger partial charge in [0.15, 0.2) is 5.03 Å². The number of imidazole rings is 1. The van der Waals surface area contributed by atoms with Crippen LogP contribution in [-0.4, -0.2) is 25.0 Å². The predicted octanol–water partition coefficient (Wildman–Crippen LogP) is 0.997. The summed E-state index contributed by atoms with van der Waals surface area (Å²) in [5.74, 6) is 1.04. The Morgan fingerprint density at radius 2 is 2.19 bits per heavy atom. The fourth-order valence-corrected chi connectivity index (χ4v) is 3.33. The highest BCUT2D eigenvalue weighted by molar-refractivity contribution is 7.89. The van der Waals surface area contributed by atoms with Crippen molar-refractivity contribution in [1.82, 2.24) is 14.3 Å². The minimum atomic E-state index is -3.43. The van der Waals surface area contributed by atoms with E-state index in [4.69, 9.17) is 0 Å². The van der Waals surface area contributed by atoms with Crippen LogP contribution in [0.5, 0.6) is 0 Å². The van der Waals surface area contributed by atoms with E-state index in [0.29, 0.717) is 0 Å². The summed E-state index contributed by atoms with van der Waals surface area (Å²) in [4.78, 5) is 4.20. The first-order valence-corrected chi connectivity index (χ1v) is 6.96. The number of rotatable bonds is 2. The molecule has 16 heavy (non-hydrogen) atoms. The molecular weight excluding hydrogens is 226 g/mol. The quantitative estimate of drug-likeness (QED) is 0.842. The van der Waals surface area contributed by atoms with Gasteiger partial charge in [-0.2, -0.15) is 0 Å². The van der Waals surface area contributed by atoms with Gasteiger partial charge < -0.3 is 4.57 Å². The van der Waals surface area contributed by atoms with Gasteiger partial charge in [-0.1, -0.05) is 6.92 Å². The summed E-state index contributed by atoms with van der Waals surface area (Å²) in [6.07, 6.45) is 2.11. The summed E-state index contributed by atoms with van der Waals surface area (Å²) in [6.45, 7) is 4.79. The van der Waals surface area contributed by atoms with Crippen molar-refractivity contribution in [2.45, 2.75) is 44.2 Å². The number of aromatic nitrogens is 2. The van der Waals surface area contributed by atoms with E-state index in [1.165, 1.54) is 7.05 Å². The fourth-order valence-electron chi connectivity index (χ4n) is 2.30. The molecule has 1 aromatic rings. The molecule has 1 atom stereocenters. The standard InChI is InChI=1S/C10H17N3O2S/c1-7-5-4-6-13-8(2)12-10(9(7)13)16(14,15)11-3/h7,11H,4-6H2,1-3H3. The second kappa shape index (κ2) is 3.85. The van der Waals surface area contributed by atoms with Crippen LogP contribution in [0.4, 0.5) is 0 Å². The topological polar surface area (TPSA) is 64.0 Å². The van der Waals surface area contributed by atoms with Crippen molar-refractivity contribution in [3.63, 3.8) is 0 Å². The van der Waals surface area contributed by atoms with Gasteiger partial charge in [0.25, 0.3) is 10.0 Å². The molecular formula is C10H17N3O2S. The lowest BCUT2D eigenvalue weighted by Gasteiger charge is -2.22. The minimum Gasteiger partial charge on any atom is -0.331 e. The maximum atomic E-state index is 11.8. The average Bonchev–Trinajstić information content (AvgIpc) is 2.59. The largest absolute Gasteiger partial charge is 0.331 e. The van der Waals surface area contributed by atoms with Crippen LogP contribution in [0, 0.1) is 6.92 Å². The first-order chi connectivity index (χ1) is 7.47. The molecule has 0 aliphatic carbocycles. The Kier molecular flexibility index (Phi) is 2.79. The molecule has 0 saturated carbocycles. The van der Waals surface area contributed by atoms with Crippen molar-refractivity contribution in [3.8, 4) is 0 Å². The van der Waals surface area contributed by atoms with Crippen molar-refractivity contribution in [2.75, 3.05) is 7.05 Å². The molecule has 2 heterocycles. The molecule has 6 heteroatoms. The molecule has 0 fully saturated rings. The molecule has 0 bridgehead atoms. The van der Waals surface area contributed by atoms with Gasteiger partial charge >= 0.3 is 0 Å². The van der Waals surface area contributed by atoms with Crippen molar-refractivity contribution in [1.29, 1.82) is 0 Å². The monoisotopic (exact) mass is 243 g/mol. The second-order valence-electron chi connectivity index (χ2n) is 4.25. The highest BCUT2D eigenvalue weighted by Gasteiger charge is 2.29. The molecule has 0 radical (unpaired) electrons. The van der Waals surface area contributed by atoms with E-state index < -0.39 is 10.0 Å². The normalized spacial score (nSPS) is 20.8. The van der Waals surface area contributed by atoms with Gasteiger partial charge in [0, 0.05) is 6.54 Å². The summed E-state index contributed by atoms with van der Waals surface area (Å²) in [6, 6.07) is 0. The number of fused-ring (bicyclic) bond motifs is 1. The van der Waals surface area contributed by atoms with Crippen LogP contribution in [-0.2, 0) is 16.6 Å². The highest BCUT2D eigenvalue weighted by atomic mass is 32.2. The third-order valence-corrected chi connectivity index (χ3v) is 4.52. The Morgan fingerprint density at radius 1 is 1.50 bits per heavy atom. The number of hydrogen-bond donors (Lipinski definition) is 1. The Morgan fingerprint density at radius 3 is 2.81 bits per heavy atom. The number of hydrogen-bond acceptors (Lipinski definition) is 3. The SMILES string of the molecule is CNS(=O)(=O)c1nc(C)n2c1C(C)CCC2. The highest BCUT2D eigenvalue weighted by Crippen LogP contribution is 2.32. The summed E-state index contributed by atoms with van der Waals surface area (Å²) >= 11 is 0. The lowest BCUT2D eigenvalue weighted by atomic mass is 9.99. The maximum absolute atomic E-state index is 11.8. The van der Waals surface area contributed by atoms with Gasteiger partial charge in [0.05, 0.1) is 5.69 Å². The van der Waals surface area contributed by atoms with E-state index in [-0.39, 0.29) is 10.9 Å². The van der Waals surface area contributed by atoms with E-state index in [9.17, 15) is 8.42 Å². The van der Waals surface area contributed by atoms with E-state index in [0.717, 1.165) is 30.9 Å². The minimum absolute atomic E-state index is 0.208. The molecule has 1 aromatic heterocycles. The van der Waals surface area contributed by atoms with Crippen molar-refractivity contribution >= 4 is 10.0 Å². The number of nitrogens with zero attached hydrogens (tertiary/aromatic N) is 2. The van der Waals surface area contributed by atoms with Gasteiger partial charge in [-0.25, -0.2) is 18.1 Å². The summed E-state index contributed by atoms with van der Waals surface area (Å²) in [5.41, 5.74) is 0.859. The smallest absolute Gasteiger partial charge is 0.259 e. The Balaban J connectivity index is 2.65. The van der Waals surface area contributed by atoms with Crippen LogP contribution in [0.15, 0.2) is 5.03 Å². The van der Waals surface area contributed by atoms with E-state index in [1.807, 2.05) is 11.5 Å². The van der Waals surface area contributed by atoms with Crippen LogP contribution in [0.25, 0.3) is 0 Å². The molecule has 1 unspecified atom stereocenters. The van der Waals surface area contributed by atoms with Crippen molar-refractivity contribution < 1.29 is 8.42 Å². The molecule has 5 nitrogen and oxygen atoms in total. The lowest BCUT2D eigenvalue weighted by molar-refractivity contribution is 0.460. The molecule has 0 amide bonds. The first kappa shape index (κ1) is 11.6. The molecule has 0 aromatic carbocycles. The van der Waals surface area contributed by atoms with Crippen LogP contribution in [0.2, 0.25) is 0 Å². The van der Waals surface area contributed by atoms with Crippen LogP contribution in [0.1, 0.15) is 37.2 Å². The number of nitrogens with one attached hydrogen (secondary N) is 1. The van der Waals surface area contributed by atoms with Gasteiger partial charge in [-0.3, -0.25) is 0 Å². The molecule has 1 aliphatic rings. The zero-order chi connectivity index (χ0) is 11.9. The lowest BCUT2D eigenvalue weighted by Crippen LogP contribution is -2.23. The molecule has 1 aliphatic heterocycles. The van der Waals surface area contributed by atoms with Gasteiger partial charge in [-0.15, -0.1) is 0 Å². The number of sulfonamides is 1. The Bertz CT molecular complexity index is 504. The molecule has 2 rings (SSSR count). The summed E-state index contributed by atoms with van der Waals surface area (Å²) in [5, 5.41) is 0.208. The van der Waals surface area contributed by atoms with E-state index in [1.54, 1.807) is 0 Å². The average molecular weight is 243 g/mol. The van der Waals surface area contributed by atoms with Crippen molar-refractivity contribution in [3.05, 3.63) is 11.5 Å². The van der Waals surface area contributed by atoms with Crippen LogP contribution in [0.3, 0.4) is 0 Å². The summed E-state index contributed by atoms with van der Waals surface area (Å²) in [7, 11) is -2.01. The Hall–Kier alpha value is -0.880. The Labute approximate surface area is 95.9 Å². The predicted molar refractivity (Wildman–Crippen MR) is 60.9 cm³/mol. The summed E-state index contributed by atoms with van der Waals surface area (Å²) < 4.78 is 28.1. The van der Waals surface area contributed by atoms with Gasteiger partial charge in [0.2, 0.25) is 0 Å². The third-order valence-electron chi connectivity index (χ3n) is 3.17. The van der Waals surface area contributed by atoms with Crippen LogP contribution >= 0.6 is 0 Å². The van der Waals surface area contributed by atoms with Gasteiger partial charge in [0.1, 0.15) is 5.82 Å². The zero-order valence-electron chi connectivity index (χ0n) is 9.82. The molecule has 0 saturated heterocycles. The van der Waals surface area contributed by atoms with E-state index in [2.05, 4.69) is 16.6 Å².